The Morgan fingerprint density at radius 1 is 0.366 bits per heavy atom. The number of ether oxygens (including phenoxy) is 7. The molecule has 1 aliphatic heterocycles. The standard InChI is InChI=1S/C62H102O8Si/c1-53(2)71(54(3)4,55(5)6)69-52-59-60(66-46-34-19-13-7-10-16-31-43-63-49-56-37-25-22-26-38-56)61(67-47-35-20-14-8-11-17-32-44-64-50-57-39-27-23-28-40-57)62(70-59)68-48-36-21-15-9-12-18-33-45-65-51-58-41-29-24-30-42-58/h22-30,37-42,53-55,59-62H,7-21,31-36,43-52H2,1-6H3/t59-,60-,61-,62-/m1/s1. The summed E-state index contributed by atoms with van der Waals surface area (Å²) in [6, 6.07) is 31.4. The second-order valence-electron chi connectivity index (χ2n) is 21.3. The first kappa shape index (κ1) is 61.1. The van der Waals surface area contributed by atoms with E-state index in [4.69, 9.17) is 37.6 Å². The second-order valence-corrected chi connectivity index (χ2v) is 26.7. The van der Waals surface area contributed by atoms with E-state index in [1.807, 2.05) is 0 Å². The zero-order valence-corrected chi connectivity index (χ0v) is 46.9. The molecule has 0 aliphatic carbocycles. The molecule has 1 aliphatic rings. The van der Waals surface area contributed by atoms with Gasteiger partial charge in [0.05, 0.1) is 26.4 Å². The average molecular weight is 1000 g/mol. The van der Waals surface area contributed by atoms with Crippen LogP contribution in [0.15, 0.2) is 91.0 Å². The first-order valence-electron chi connectivity index (χ1n) is 28.8. The number of hydrogen-bond donors (Lipinski definition) is 0. The number of hydrogen-bond acceptors (Lipinski definition) is 8. The zero-order chi connectivity index (χ0) is 50.5. The molecule has 3 aromatic carbocycles. The third-order valence-corrected chi connectivity index (χ3v) is 20.6. The quantitative estimate of drug-likeness (QED) is 0.0410. The van der Waals surface area contributed by atoms with E-state index in [2.05, 4.69) is 133 Å². The fourth-order valence-corrected chi connectivity index (χ4v) is 16.0. The van der Waals surface area contributed by atoms with E-state index in [0.29, 0.717) is 62.9 Å². The molecule has 0 saturated carbocycles. The van der Waals surface area contributed by atoms with Gasteiger partial charge in [0, 0.05) is 39.6 Å². The highest BCUT2D eigenvalue weighted by molar-refractivity contribution is 6.77. The van der Waals surface area contributed by atoms with Crippen LogP contribution in [-0.4, -0.2) is 79.2 Å². The van der Waals surface area contributed by atoms with E-state index < -0.39 is 14.6 Å². The van der Waals surface area contributed by atoms with Crippen LogP contribution in [-0.2, 0) is 57.4 Å². The molecule has 0 N–H and O–H groups in total. The van der Waals surface area contributed by atoms with Crippen molar-refractivity contribution in [1.82, 2.24) is 0 Å². The van der Waals surface area contributed by atoms with Crippen LogP contribution < -0.4 is 0 Å². The smallest absolute Gasteiger partial charge is 0.200 e. The van der Waals surface area contributed by atoms with Gasteiger partial charge in [-0.3, -0.25) is 0 Å². The fourth-order valence-electron chi connectivity index (χ4n) is 10.6. The summed E-state index contributed by atoms with van der Waals surface area (Å²) < 4.78 is 52.2. The van der Waals surface area contributed by atoms with Gasteiger partial charge >= 0.3 is 0 Å². The van der Waals surface area contributed by atoms with Gasteiger partial charge in [-0.2, -0.15) is 0 Å². The molecule has 0 bridgehead atoms. The minimum atomic E-state index is -2.13. The molecule has 9 heteroatoms. The zero-order valence-electron chi connectivity index (χ0n) is 45.9. The van der Waals surface area contributed by atoms with Crippen molar-refractivity contribution in [2.75, 3.05) is 46.2 Å². The van der Waals surface area contributed by atoms with Gasteiger partial charge in [-0.15, -0.1) is 0 Å². The summed E-state index contributed by atoms with van der Waals surface area (Å²) in [6.45, 7) is 21.3. The SMILES string of the molecule is CC(C)[Si](OC[C@H]1O[C@@H](OCCCCCCCCCOCc2ccccc2)[C@H](OCCCCCCCCCOCc2ccccc2)[C@@H]1OCCCCCCCCCOCc1ccccc1)(C(C)C)C(C)C. The van der Waals surface area contributed by atoms with Crippen LogP contribution in [0.3, 0.4) is 0 Å². The molecule has 0 radical (unpaired) electrons. The predicted octanol–water partition coefficient (Wildman–Crippen LogP) is 16.5. The highest BCUT2D eigenvalue weighted by Crippen LogP contribution is 2.43. The van der Waals surface area contributed by atoms with Gasteiger partial charge in [-0.1, -0.05) is 229 Å². The lowest BCUT2D eigenvalue weighted by Crippen LogP contribution is -2.50. The van der Waals surface area contributed by atoms with Crippen LogP contribution in [0.5, 0.6) is 0 Å². The summed E-state index contributed by atoms with van der Waals surface area (Å²) in [5, 5.41) is 0. The van der Waals surface area contributed by atoms with Gasteiger partial charge < -0.3 is 37.6 Å². The number of rotatable bonds is 45. The topological polar surface area (TPSA) is 73.8 Å². The first-order valence-corrected chi connectivity index (χ1v) is 30.9. The van der Waals surface area contributed by atoms with Gasteiger partial charge in [-0.25, -0.2) is 0 Å². The lowest BCUT2D eigenvalue weighted by Gasteiger charge is -2.43. The van der Waals surface area contributed by atoms with Crippen LogP contribution >= 0.6 is 0 Å². The van der Waals surface area contributed by atoms with E-state index >= 15 is 0 Å². The van der Waals surface area contributed by atoms with Crippen LogP contribution in [0.2, 0.25) is 16.6 Å². The summed E-state index contributed by atoms with van der Waals surface area (Å²) in [4.78, 5) is 0. The normalized spacial score (nSPS) is 17.4. The Bertz CT molecular complexity index is 1620. The Kier molecular flexibility index (Phi) is 33.6. The van der Waals surface area contributed by atoms with Crippen molar-refractivity contribution in [2.45, 2.75) is 237 Å². The van der Waals surface area contributed by atoms with Gasteiger partial charge in [0.25, 0.3) is 0 Å². The highest BCUT2D eigenvalue weighted by Gasteiger charge is 2.50. The monoisotopic (exact) mass is 1000 g/mol. The van der Waals surface area contributed by atoms with Crippen molar-refractivity contribution < 1.29 is 37.6 Å². The third-order valence-electron chi connectivity index (χ3n) is 14.5. The molecule has 0 amide bonds. The fraction of sp³-hybridized carbons (Fsp3) is 0.710. The van der Waals surface area contributed by atoms with Crippen LogP contribution in [0.1, 0.15) is 193 Å². The largest absolute Gasteiger partial charge is 0.413 e. The Balaban J connectivity index is 1.23. The first-order chi connectivity index (χ1) is 34.8. The minimum absolute atomic E-state index is 0.227. The molecule has 1 saturated heterocycles. The summed E-state index contributed by atoms with van der Waals surface area (Å²) >= 11 is 0. The van der Waals surface area contributed by atoms with Crippen molar-refractivity contribution in [3.8, 4) is 0 Å². The van der Waals surface area contributed by atoms with Gasteiger partial charge in [0.15, 0.2) is 14.6 Å². The molecule has 8 nitrogen and oxygen atoms in total. The van der Waals surface area contributed by atoms with E-state index in [1.165, 1.54) is 93.7 Å². The van der Waals surface area contributed by atoms with Crippen molar-refractivity contribution >= 4 is 8.32 Å². The Labute approximate surface area is 435 Å². The molecule has 71 heavy (non-hydrogen) atoms. The summed E-state index contributed by atoms with van der Waals surface area (Å²) in [5.41, 5.74) is 5.21. The third kappa shape index (κ3) is 25.6. The van der Waals surface area contributed by atoms with Crippen LogP contribution in [0, 0.1) is 0 Å². The van der Waals surface area contributed by atoms with Crippen LogP contribution in [0.25, 0.3) is 0 Å². The van der Waals surface area contributed by atoms with Crippen LogP contribution in [0.4, 0.5) is 0 Å². The molecule has 3 aromatic rings. The Morgan fingerprint density at radius 2 is 0.662 bits per heavy atom. The summed E-state index contributed by atoms with van der Waals surface area (Å²) in [5.74, 6) is 0. The molecule has 4 atom stereocenters. The Hall–Kier alpha value is -2.44. The van der Waals surface area contributed by atoms with Crippen molar-refractivity contribution in [1.29, 1.82) is 0 Å². The van der Waals surface area contributed by atoms with E-state index in [1.54, 1.807) is 0 Å². The molecule has 1 heterocycles. The summed E-state index contributed by atoms with van der Waals surface area (Å²) in [6.07, 6.45) is 23.6. The number of benzene rings is 3. The van der Waals surface area contributed by atoms with E-state index in [-0.39, 0.29) is 18.3 Å². The van der Waals surface area contributed by atoms with E-state index in [9.17, 15) is 0 Å². The predicted molar refractivity (Wildman–Crippen MR) is 296 cm³/mol. The van der Waals surface area contributed by atoms with Crippen molar-refractivity contribution in [3.63, 3.8) is 0 Å². The maximum atomic E-state index is 7.22. The lowest BCUT2D eigenvalue weighted by molar-refractivity contribution is -0.181. The van der Waals surface area contributed by atoms with Gasteiger partial charge in [-0.05, 0) is 71.8 Å². The van der Waals surface area contributed by atoms with E-state index in [0.717, 1.165) is 77.6 Å². The minimum Gasteiger partial charge on any atom is -0.413 e. The number of unbranched alkanes of at least 4 members (excludes halogenated alkanes) is 18. The lowest BCUT2D eigenvalue weighted by atomic mass is 10.1. The van der Waals surface area contributed by atoms with Gasteiger partial charge in [0.2, 0.25) is 0 Å². The highest BCUT2D eigenvalue weighted by atomic mass is 28.4. The molecule has 0 unspecified atom stereocenters. The van der Waals surface area contributed by atoms with Crippen molar-refractivity contribution in [2.24, 2.45) is 0 Å². The summed E-state index contributed by atoms with van der Waals surface area (Å²) in [7, 11) is -2.13. The second kappa shape index (κ2) is 39.0. The average Bonchev–Trinajstić information content (AvgIpc) is 3.70. The van der Waals surface area contributed by atoms with Gasteiger partial charge in [0.1, 0.15) is 18.3 Å². The molecule has 1 fully saturated rings. The molecular formula is C62H102O8Si. The molecule has 0 aromatic heterocycles. The molecule has 4 rings (SSSR count). The maximum Gasteiger partial charge on any atom is 0.200 e. The Morgan fingerprint density at radius 3 is 1.00 bits per heavy atom. The van der Waals surface area contributed by atoms with Crippen molar-refractivity contribution in [3.05, 3.63) is 108 Å². The molecule has 402 valence electrons. The molecular weight excluding hydrogens is 901 g/mol. The maximum absolute atomic E-state index is 7.22. The molecule has 0 spiro atoms.